The Labute approximate surface area is 176 Å². The molecular weight excluding hydrogens is 390 g/mol. The van der Waals surface area contributed by atoms with Crippen LogP contribution in [0, 0.1) is 5.41 Å². The van der Waals surface area contributed by atoms with E-state index in [1.54, 1.807) is 9.21 Å². The van der Waals surface area contributed by atoms with Gasteiger partial charge < -0.3 is 15.5 Å². The molecule has 1 aliphatic carbocycles. The number of nitrogens with zero attached hydrogens (tertiary/aromatic N) is 3. The first kappa shape index (κ1) is 23.9. The first-order valence-corrected chi connectivity index (χ1v) is 12.6. The third kappa shape index (κ3) is 6.31. The van der Waals surface area contributed by atoms with E-state index in [2.05, 4.69) is 10.6 Å². The first-order valence-electron chi connectivity index (χ1n) is 11.0. The van der Waals surface area contributed by atoms with E-state index in [1.807, 2.05) is 27.9 Å². The van der Waals surface area contributed by atoms with Gasteiger partial charge in [-0.05, 0) is 39.0 Å². The minimum atomic E-state index is -3.13. The summed E-state index contributed by atoms with van der Waals surface area (Å²) in [5, 5.41) is 6.75. The summed E-state index contributed by atoms with van der Waals surface area (Å²) >= 11 is 0. The second-order valence-electron chi connectivity index (χ2n) is 8.52. The fourth-order valence-electron chi connectivity index (χ4n) is 4.37. The van der Waals surface area contributed by atoms with Crippen LogP contribution in [0.5, 0.6) is 0 Å². The van der Waals surface area contributed by atoms with Crippen molar-refractivity contribution in [1.82, 2.24) is 19.8 Å². The summed E-state index contributed by atoms with van der Waals surface area (Å²) in [6, 6.07) is 0.185. The van der Waals surface area contributed by atoms with Crippen molar-refractivity contribution in [3.05, 3.63) is 0 Å². The van der Waals surface area contributed by atoms with Gasteiger partial charge in [0.1, 0.15) is 0 Å². The van der Waals surface area contributed by atoms with Crippen LogP contribution >= 0.6 is 0 Å². The molecule has 1 heterocycles. The molecular formula is C20H39N5O3S. The fourth-order valence-corrected chi connectivity index (χ4v) is 5.92. The molecule has 0 atom stereocenters. The second kappa shape index (κ2) is 10.6. The molecule has 0 aromatic carbocycles. The Bertz CT molecular complexity index is 664. The Balaban J connectivity index is 1.99. The van der Waals surface area contributed by atoms with Crippen LogP contribution in [0.2, 0.25) is 0 Å². The number of amides is 1. The van der Waals surface area contributed by atoms with Gasteiger partial charge in [0, 0.05) is 39.8 Å². The molecule has 2 N–H and O–H groups in total. The SMILES string of the molecule is CCCS(=O)(=O)N1CCC(NC(=NCC2(C(=O)N(C)C)CCCC2)NCC)CC1. The topological polar surface area (TPSA) is 94.1 Å². The summed E-state index contributed by atoms with van der Waals surface area (Å²) in [6.07, 6.45) is 6.09. The van der Waals surface area contributed by atoms with Gasteiger partial charge in [0.05, 0.1) is 17.7 Å². The van der Waals surface area contributed by atoms with Gasteiger partial charge in [-0.1, -0.05) is 19.8 Å². The van der Waals surface area contributed by atoms with E-state index in [4.69, 9.17) is 4.99 Å². The molecule has 1 amide bonds. The average Bonchev–Trinajstić information content (AvgIpc) is 3.16. The van der Waals surface area contributed by atoms with Gasteiger partial charge in [0.15, 0.2) is 5.96 Å². The molecule has 2 rings (SSSR count). The average molecular weight is 430 g/mol. The predicted molar refractivity (Wildman–Crippen MR) is 117 cm³/mol. The highest BCUT2D eigenvalue weighted by atomic mass is 32.2. The van der Waals surface area contributed by atoms with Gasteiger partial charge in [-0.15, -0.1) is 0 Å². The maximum atomic E-state index is 12.8. The molecule has 0 aromatic heterocycles. The number of hydrogen-bond acceptors (Lipinski definition) is 4. The van der Waals surface area contributed by atoms with Gasteiger partial charge >= 0.3 is 0 Å². The highest BCUT2D eigenvalue weighted by molar-refractivity contribution is 7.89. The monoisotopic (exact) mass is 429 g/mol. The number of guanidine groups is 1. The molecule has 1 saturated carbocycles. The Morgan fingerprint density at radius 2 is 1.79 bits per heavy atom. The second-order valence-corrected chi connectivity index (χ2v) is 10.6. The van der Waals surface area contributed by atoms with E-state index >= 15 is 0 Å². The third-order valence-corrected chi connectivity index (χ3v) is 8.03. The summed E-state index contributed by atoms with van der Waals surface area (Å²) < 4.78 is 26.1. The zero-order valence-corrected chi connectivity index (χ0v) is 19.4. The van der Waals surface area contributed by atoms with Crippen LogP contribution < -0.4 is 10.6 Å². The predicted octanol–water partition coefficient (Wildman–Crippen LogP) is 1.39. The lowest BCUT2D eigenvalue weighted by atomic mass is 9.85. The van der Waals surface area contributed by atoms with Crippen molar-refractivity contribution in [2.45, 2.75) is 64.8 Å². The normalized spacial score (nSPS) is 21.2. The van der Waals surface area contributed by atoms with Crippen molar-refractivity contribution < 1.29 is 13.2 Å². The van der Waals surface area contributed by atoms with E-state index in [9.17, 15) is 13.2 Å². The fraction of sp³-hybridized carbons (Fsp3) is 0.900. The van der Waals surface area contributed by atoms with Crippen molar-refractivity contribution in [1.29, 1.82) is 0 Å². The third-order valence-electron chi connectivity index (χ3n) is 5.95. The molecule has 0 aromatic rings. The maximum Gasteiger partial charge on any atom is 0.230 e. The molecule has 0 radical (unpaired) electrons. The van der Waals surface area contributed by atoms with Crippen LogP contribution in [0.25, 0.3) is 0 Å². The van der Waals surface area contributed by atoms with Gasteiger partial charge in [-0.3, -0.25) is 9.79 Å². The number of carbonyl (C=O) groups excluding carboxylic acids is 1. The zero-order valence-electron chi connectivity index (χ0n) is 18.5. The summed E-state index contributed by atoms with van der Waals surface area (Å²) in [5.41, 5.74) is -0.385. The quantitative estimate of drug-likeness (QED) is 0.449. The highest BCUT2D eigenvalue weighted by Crippen LogP contribution is 2.39. The van der Waals surface area contributed by atoms with Crippen molar-refractivity contribution in [3.8, 4) is 0 Å². The summed E-state index contributed by atoms with van der Waals surface area (Å²) in [4.78, 5) is 19.2. The summed E-state index contributed by atoms with van der Waals surface area (Å²) in [7, 11) is 0.506. The molecule has 2 fully saturated rings. The smallest absolute Gasteiger partial charge is 0.230 e. The molecule has 0 spiro atoms. The van der Waals surface area contributed by atoms with Crippen molar-refractivity contribution >= 4 is 21.9 Å². The van der Waals surface area contributed by atoms with Crippen LogP contribution in [-0.2, 0) is 14.8 Å². The molecule has 2 aliphatic rings. The Morgan fingerprint density at radius 1 is 1.17 bits per heavy atom. The summed E-state index contributed by atoms with van der Waals surface area (Å²) in [5.74, 6) is 1.11. The Morgan fingerprint density at radius 3 is 2.31 bits per heavy atom. The van der Waals surface area contributed by atoms with E-state index in [-0.39, 0.29) is 23.1 Å². The van der Waals surface area contributed by atoms with E-state index in [0.717, 1.165) is 51.0 Å². The molecule has 0 unspecified atom stereocenters. The molecule has 9 heteroatoms. The van der Waals surface area contributed by atoms with Gasteiger partial charge in [0.2, 0.25) is 15.9 Å². The Kier molecular flexibility index (Phi) is 8.75. The van der Waals surface area contributed by atoms with Crippen LogP contribution in [-0.4, -0.2) is 81.6 Å². The van der Waals surface area contributed by atoms with Crippen LogP contribution in [0.15, 0.2) is 4.99 Å². The number of piperidine rings is 1. The van der Waals surface area contributed by atoms with E-state index in [1.165, 1.54) is 0 Å². The molecule has 1 aliphatic heterocycles. The first-order chi connectivity index (χ1) is 13.7. The number of aliphatic imine (C=N–C) groups is 1. The zero-order chi connectivity index (χ0) is 21.5. The van der Waals surface area contributed by atoms with Gasteiger partial charge in [-0.2, -0.15) is 0 Å². The number of hydrogen-bond donors (Lipinski definition) is 2. The maximum absolute atomic E-state index is 12.8. The minimum Gasteiger partial charge on any atom is -0.357 e. The van der Waals surface area contributed by atoms with Crippen molar-refractivity contribution in [3.63, 3.8) is 0 Å². The molecule has 168 valence electrons. The van der Waals surface area contributed by atoms with Crippen LogP contribution in [0.3, 0.4) is 0 Å². The lowest BCUT2D eigenvalue weighted by molar-refractivity contribution is -0.138. The molecule has 8 nitrogen and oxygen atoms in total. The highest BCUT2D eigenvalue weighted by Gasteiger charge is 2.42. The van der Waals surface area contributed by atoms with Crippen molar-refractivity contribution in [2.75, 3.05) is 46.0 Å². The lowest BCUT2D eigenvalue weighted by Gasteiger charge is -2.33. The lowest BCUT2D eigenvalue weighted by Crippen LogP contribution is -2.50. The van der Waals surface area contributed by atoms with Crippen LogP contribution in [0.1, 0.15) is 58.8 Å². The standard InChI is InChI=1S/C20H39N5O3S/c1-5-15-29(27,28)25-13-9-17(10-14-25)23-19(21-6-2)22-16-20(11-7-8-12-20)18(26)24(3)4/h17H,5-16H2,1-4H3,(H2,21,22,23). The summed E-state index contributed by atoms with van der Waals surface area (Å²) in [6.45, 7) is 6.23. The number of nitrogens with one attached hydrogen (secondary N) is 2. The van der Waals surface area contributed by atoms with E-state index < -0.39 is 10.0 Å². The van der Waals surface area contributed by atoms with E-state index in [0.29, 0.717) is 26.1 Å². The van der Waals surface area contributed by atoms with Gasteiger partial charge in [-0.25, -0.2) is 12.7 Å². The minimum absolute atomic E-state index is 0.170. The number of carbonyl (C=O) groups is 1. The number of sulfonamides is 1. The molecule has 1 saturated heterocycles. The van der Waals surface area contributed by atoms with Crippen molar-refractivity contribution in [2.24, 2.45) is 10.4 Å². The largest absolute Gasteiger partial charge is 0.357 e. The van der Waals surface area contributed by atoms with Crippen LogP contribution in [0.4, 0.5) is 0 Å². The number of rotatable bonds is 8. The molecule has 29 heavy (non-hydrogen) atoms. The molecule has 0 bridgehead atoms. The Hall–Kier alpha value is -1.35. The van der Waals surface area contributed by atoms with Gasteiger partial charge in [0.25, 0.3) is 0 Å².